The average molecular weight is 369 g/mol. The average Bonchev–Trinajstić information content (AvgIpc) is 3.07. The highest BCUT2D eigenvalue weighted by Gasteiger charge is 2.17. The molecular weight excluding hydrogens is 346 g/mol. The van der Waals surface area contributed by atoms with E-state index in [1.165, 1.54) is 0 Å². The normalized spacial score (nSPS) is 12.6. The van der Waals surface area contributed by atoms with Gasteiger partial charge in [-0.1, -0.05) is 12.1 Å². The van der Waals surface area contributed by atoms with Gasteiger partial charge in [-0.15, -0.1) is 0 Å². The van der Waals surface area contributed by atoms with Crippen LogP contribution in [0, 0.1) is 0 Å². The zero-order valence-corrected chi connectivity index (χ0v) is 15.6. The van der Waals surface area contributed by atoms with Gasteiger partial charge in [0.15, 0.2) is 11.5 Å². The number of carbonyl (C=O) groups excluding carboxylic acids is 2. The van der Waals surface area contributed by atoms with Crippen LogP contribution in [0.5, 0.6) is 11.5 Å². The molecule has 7 heteroatoms. The summed E-state index contributed by atoms with van der Waals surface area (Å²) < 4.78 is 10.6. The molecule has 1 aliphatic rings. The van der Waals surface area contributed by atoms with Gasteiger partial charge in [0.25, 0.3) is 5.91 Å². The zero-order valence-electron chi connectivity index (χ0n) is 15.6. The van der Waals surface area contributed by atoms with Crippen LogP contribution in [0.3, 0.4) is 0 Å². The van der Waals surface area contributed by atoms with Crippen molar-refractivity contribution in [2.24, 2.45) is 0 Å². The van der Waals surface area contributed by atoms with Crippen LogP contribution in [0.1, 0.15) is 31.1 Å². The second kappa shape index (κ2) is 7.67. The lowest BCUT2D eigenvalue weighted by molar-refractivity contribution is -0.115. The van der Waals surface area contributed by atoms with Crippen LogP contribution in [0.25, 0.3) is 0 Å². The number of carbonyl (C=O) groups is 2. The molecule has 3 N–H and O–H groups in total. The molecule has 0 aromatic heterocycles. The summed E-state index contributed by atoms with van der Waals surface area (Å²) in [6.45, 7) is 6.26. The molecule has 7 nitrogen and oxygen atoms in total. The van der Waals surface area contributed by atoms with Crippen LogP contribution >= 0.6 is 0 Å². The smallest absolute Gasteiger partial charge is 0.257 e. The van der Waals surface area contributed by atoms with E-state index in [0.29, 0.717) is 28.4 Å². The van der Waals surface area contributed by atoms with Crippen molar-refractivity contribution in [2.45, 2.75) is 26.3 Å². The van der Waals surface area contributed by atoms with Crippen molar-refractivity contribution in [2.75, 3.05) is 24.0 Å². The molecule has 0 unspecified atom stereocenters. The summed E-state index contributed by atoms with van der Waals surface area (Å²) in [7, 11) is 0. The van der Waals surface area contributed by atoms with Crippen molar-refractivity contribution in [1.29, 1.82) is 0 Å². The summed E-state index contributed by atoms with van der Waals surface area (Å²) in [6.07, 6.45) is 0. The Bertz CT molecular complexity index is 859. The van der Waals surface area contributed by atoms with E-state index in [1.54, 1.807) is 42.5 Å². The minimum atomic E-state index is -0.325. The van der Waals surface area contributed by atoms with E-state index < -0.39 is 0 Å². The van der Waals surface area contributed by atoms with E-state index in [-0.39, 0.29) is 30.7 Å². The van der Waals surface area contributed by atoms with Crippen LogP contribution in [0.4, 0.5) is 11.4 Å². The molecule has 0 bridgehead atoms. The zero-order chi connectivity index (χ0) is 19.4. The van der Waals surface area contributed by atoms with E-state index in [4.69, 9.17) is 9.47 Å². The van der Waals surface area contributed by atoms with Crippen molar-refractivity contribution in [3.05, 3.63) is 48.0 Å². The predicted molar refractivity (Wildman–Crippen MR) is 103 cm³/mol. The Hall–Kier alpha value is -3.06. The Morgan fingerprint density at radius 2 is 1.74 bits per heavy atom. The Morgan fingerprint density at radius 3 is 2.52 bits per heavy atom. The number of hydrogen-bond acceptors (Lipinski definition) is 5. The molecule has 0 saturated carbocycles. The van der Waals surface area contributed by atoms with Gasteiger partial charge in [-0.25, -0.2) is 0 Å². The van der Waals surface area contributed by atoms with Gasteiger partial charge in [0.05, 0.1) is 17.8 Å². The summed E-state index contributed by atoms with van der Waals surface area (Å²) >= 11 is 0. The Balaban J connectivity index is 1.69. The molecular formula is C20H23N3O4. The fourth-order valence-electron chi connectivity index (χ4n) is 2.50. The second-order valence-electron chi connectivity index (χ2n) is 7.22. The minimum Gasteiger partial charge on any atom is -0.454 e. The molecule has 142 valence electrons. The van der Waals surface area contributed by atoms with Gasteiger partial charge >= 0.3 is 0 Å². The van der Waals surface area contributed by atoms with Crippen LogP contribution in [0.2, 0.25) is 0 Å². The number of fused-ring (bicyclic) bond motifs is 1. The second-order valence-corrected chi connectivity index (χ2v) is 7.22. The van der Waals surface area contributed by atoms with Crippen LogP contribution in [-0.4, -0.2) is 30.7 Å². The Labute approximate surface area is 158 Å². The first-order valence-corrected chi connectivity index (χ1v) is 8.67. The quantitative estimate of drug-likeness (QED) is 0.754. The fourth-order valence-corrected chi connectivity index (χ4v) is 2.50. The number of benzene rings is 2. The molecule has 27 heavy (non-hydrogen) atoms. The summed E-state index contributed by atoms with van der Waals surface area (Å²) in [4.78, 5) is 24.9. The lowest BCUT2D eigenvalue weighted by atomic mass is 10.1. The maximum absolute atomic E-state index is 12.7. The van der Waals surface area contributed by atoms with Gasteiger partial charge in [-0.2, -0.15) is 0 Å². The summed E-state index contributed by atoms with van der Waals surface area (Å²) in [5.41, 5.74) is 1.24. The van der Waals surface area contributed by atoms with Gasteiger partial charge in [0, 0.05) is 17.3 Å². The van der Waals surface area contributed by atoms with Crippen LogP contribution < -0.4 is 25.4 Å². The molecule has 1 heterocycles. The number of para-hydroxylation sites is 1. The van der Waals surface area contributed by atoms with Crippen molar-refractivity contribution in [1.82, 2.24) is 5.32 Å². The predicted octanol–water partition coefficient (Wildman–Crippen LogP) is 2.99. The largest absolute Gasteiger partial charge is 0.454 e. The lowest BCUT2D eigenvalue weighted by Gasteiger charge is -2.20. The van der Waals surface area contributed by atoms with Crippen molar-refractivity contribution in [3.8, 4) is 11.5 Å². The van der Waals surface area contributed by atoms with Crippen molar-refractivity contribution >= 4 is 23.2 Å². The molecule has 0 saturated heterocycles. The van der Waals surface area contributed by atoms with Gasteiger partial charge in [-0.3, -0.25) is 9.59 Å². The molecule has 2 aromatic carbocycles. The highest BCUT2D eigenvalue weighted by atomic mass is 16.7. The molecule has 1 aliphatic heterocycles. The summed E-state index contributed by atoms with van der Waals surface area (Å²) in [5.74, 6) is 0.691. The van der Waals surface area contributed by atoms with E-state index in [9.17, 15) is 9.59 Å². The number of rotatable bonds is 5. The van der Waals surface area contributed by atoms with E-state index >= 15 is 0 Å². The summed E-state index contributed by atoms with van der Waals surface area (Å²) in [5, 5.41) is 8.72. The number of nitrogens with one attached hydrogen (secondary N) is 3. The highest BCUT2D eigenvalue weighted by molar-refractivity contribution is 6.10. The van der Waals surface area contributed by atoms with Gasteiger partial charge in [0.2, 0.25) is 12.7 Å². The number of amides is 2. The van der Waals surface area contributed by atoms with Crippen LogP contribution in [0.15, 0.2) is 42.5 Å². The first-order chi connectivity index (χ1) is 12.8. The minimum absolute atomic E-state index is 0.154. The topological polar surface area (TPSA) is 88.7 Å². The molecule has 0 spiro atoms. The highest BCUT2D eigenvalue weighted by Crippen LogP contribution is 2.34. The van der Waals surface area contributed by atoms with Crippen LogP contribution in [-0.2, 0) is 4.79 Å². The molecule has 3 rings (SSSR count). The lowest BCUT2D eigenvalue weighted by Crippen LogP contribution is -2.41. The van der Waals surface area contributed by atoms with E-state index in [1.807, 2.05) is 20.8 Å². The van der Waals surface area contributed by atoms with E-state index in [0.717, 1.165) is 0 Å². The first kappa shape index (κ1) is 18.7. The maximum atomic E-state index is 12.7. The SMILES string of the molecule is CC(C)(C)NCC(=O)Nc1ccccc1C(=O)Nc1ccc2c(c1)OCO2. The molecule has 0 radical (unpaired) electrons. The first-order valence-electron chi connectivity index (χ1n) is 8.67. The third kappa shape index (κ3) is 4.98. The van der Waals surface area contributed by atoms with Gasteiger partial charge in [0.1, 0.15) is 0 Å². The molecule has 2 aromatic rings. The number of ether oxygens (including phenoxy) is 2. The fraction of sp³-hybridized carbons (Fsp3) is 0.300. The molecule has 2 amide bonds. The monoisotopic (exact) mass is 369 g/mol. The maximum Gasteiger partial charge on any atom is 0.257 e. The van der Waals surface area contributed by atoms with Gasteiger partial charge in [-0.05, 0) is 45.0 Å². The summed E-state index contributed by atoms with van der Waals surface area (Å²) in [6, 6.07) is 12.1. The molecule has 0 atom stereocenters. The molecule has 0 aliphatic carbocycles. The standard InChI is InChI=1S/C20H23N3O4/c1-20(2,3)21-11-18(24)23-15-7-5-4-6-14(15)19(25)22-13-8-9-16-17(10-13)27-12-26-16/h4-10,21H,11-12H2,1-3H3,(H,22,25)(H,23,24). The van der Waals surface area contributed by atoms with Crippen molar-refractivity contribution < 1.29 is 19.1 Å². The third-order valence-corrected chi connectivity index (χ3v) is 3.86. The number of hydrogen-bond donors (Lipinski definition) is 3. The Kier molecular flexibility index (Phi) is 5.32. The number of anilines is 2. The molecule has 0 fully saturated rings. The third-order valence-electron chi connectivity index (χ3n) is 3.86. The van der Waals surface area contributed by atoms with Crippen molar-refractivity contribution in [3.63, 3.8) is 0 Å². The van der Waals surface area contributed by atoms with Gasteiger partial charge < -0.3 is 25.4 Å². The Morgan fingerprint density at radius 1 is 1.00 bits per heavy atom. The van der Waals surface area contributed by atoms with E-state index in [2.05, 4.69) is 16.0 Å².